The van der Waals surface area contributed by atoms with Crippen molar-refractivity contribution in [3.05, 3.63) is 71.8 Å². The summed E-state index contributed by atoms with van der Waals surface area (Å²) in [6.07, 6.45) is -1.36. The van der Waals surface area contributed by atoms with Crippen LogP contribution in [-0.2, 0) is 19.6 Å². The zero-order valence-electron chi connectivity index (χ0n) is 14.4. The molecule has 0 aliphatic heterocycles. The highest BCUT2D eigenvalue weighted by Crippen LogP contribution is 2.04. The molecule has 2 rings (SSSR count). The molecule has 26 heavy (non-hydrogen) atoms. The minimum atomic E-state index is -0.682. The molecule has 0 saturated heterocycles. The topological polar surface area (TPSA) is 71.1 Å². The third kappa shape index (κ3) is 6.40. The van der Waals surface area contributed by atoms with E-state index in [0.29, 0.717) is 11.1 Å². The maximum atomic E-state index is 11.7. The molecule has 0 bridgehead atoms. The van der Waals surface area contributed by atoms with E-state index < -0.39 is 24.1 Å². The predicted octanol–water partition coefficient (Wildman–Crippen LogP) is 3.34. The first-order chi connectivity index (χ1) is 12.6. The Morgan fingerprint density at radius 2 is 1.04 bits per heavy atom. The average Bonchev–Trinajstić information content (AvgIpc) is 2.69. The second-order valence-corrected chi connectivity index (χ2v) is 5.24. The van der Waals surface area contributed by atoms with Gasteiger partial charge in [-0.15, -0.1) is 0 Å². The molecular weight excluding hydrogens is 336 g/mol. The van der Waals surface area contributed by atoms with Crippen LogP contribution in [0.3, 0.4) is 0 Å². The Labute approximate surface area is 151 Å². The molecule has 6 heteroatoms. The zero-order chi connectivity index (χ0) is 18.8. The average molecular weight is 354 g/mol. The fraction of sp³-hybridized carbons (Fsp3) is 0.200. The minimum Gasteiger partial charge on any atom is -0.292 e. The molecule has 0 heterocycles. The maximum Gasteiger partial charge on any atom is 0.373 e. The number of carbonyl (C=O) groups is 2. The van der Waals surface area contributed by atoms with Crippen LogP contribution in [0.2, 0.25) is 0 Å². The lowest BCUT2D eigenvalue weighted by atomic mass is 10.2. The Kier molecular flexibility index (Phi) is 7.37. The second kappa shape index (κ2) is 9.99. The summed E-state index contributed by atoms with van der Waals surface area (Å²) in [5.74, 6) is 4.15. The van der Waals surface area contributed by atoms with E-state index in [2.05, 4.69) is 11.8 Å². The van der Waals surface area contributed by atoms with Gasteiger partial charge in [-0.05, 0) is 38.1 Å². The van der Waals surface area contributed by atoms with Crippen LogP contribution in [0, 0.1) is 11.8 Å². The molecule has 0 saturated carbocycles. The van der Waals surface area contributed by atoms with E-state index in [1.54, 1.807) is 74.5 Å². The van der Waals surface area contributed by atoms with Gasteiger partial charge in [0.25, 0.3) is 0 Å². The Morgan fingerprint density at radius 3 is 1.38 bits per heavy atom. The largest absolute Gasteiger partial charge is 0.373 e. The maximum absolute atomic E-state index is 11.7. The van der Waals surface area contributed by atoms with Crippen molar-refractivity contribution in [3.63, 3.8) is 0 Å². The third-order valence-corrected chi connectivity index (χ3v) is 3.05. The summed E-state index contributed by atoms with van der Waals surface area (Å²) in [6.45, 7) is 3.21. The first-order valence-corrected chi connectivity index (χ1v) is 7.92. The van der Waals surface area contributed by atoms with E-state index in [0.717, 1.165) is 0 Å². The van der Waals surface area contributed by atoms with Crippen LogP contribution in [0.15, 0.2) is 60.7 Å². The van der Waals surface area contributed by atoms with Gasteiger partial charge >= 0.3 is 11.9 Å². The summed E-state index contributed by atoms with van der Waals surface area (Å²) in [4.78, 5) is 42.7. The van der Waals surface area contributed by atoms with Crippen molar-refractivity contribution < 1.29 is 29.1 Å². The van der Waals surface area contributed by atoms with Gasteiger partial charge in [-0.2, -0.15) is 9.78 Å². The number of rotatable bonds is 6. The molecular formula is C20H18O6. The van der Waals surface area contributed by atoms with Crippen molar-refractivity contribution >= 4 is 11.9 Å². The quantitative estimate of drug-likeness (QED) is 0.450. The van der Waals surface area contributed by atoms with Crippen molar-refractivity contribution in [3.8, 4) is 11.8 Å². The molecule has 2 unspecified atom stereocenters. The highest BCUT2D eigenvalue weighted by atomic mass is 17.2. The summed E-state index contributed by atoms with van der Waals surface area (Å²) in [5.41, 5.74) is 0.745. The van der Waals surface area contributed by atoms with Crippen molar-refractivity contribution in [2.75, 3.05) is 0 Å². The summed E-state index contributed by atoms with van der Waals surface area (Å²) in [5, 5.41) is 0. The monoisotopic (exact) mass is 354 g/mol. The molecule has 2 aromatic rings. The number of hydrogen-bond acceptors (Lipinski definition) is 6. The first-order valence-electron chi connectivity index (χ1n) is 7.92. The van der Waals surface area contributed by atoms with Gasteiger partial charge < -0.3 is 0 Å². The van der Waals surface area contributed by atoms with Crippen LogP contribution < -0.4 is 0 Å². The van der Waals surface area contributed by atoms with Gasteiger partial charge in [-0.1, -0.05) is 48.2 Å². The van der Waals surface area contributed by atoms with E-state index in [4.69, 9.17) is 19.6 Å². The lowest BCUT2D eigenvalue weighted by molar-refractivity contribution is -0.258. The van der Waals surface area contributed by atoms with Crippen LogP contribution in [0.25, 0.3) is 0 Å². The normalized spacial score (nSPS) is 12.2. The molecule has 0 amide bonds. The Bertz CT molecular complexity index is 711. The number of hydrogen-bond donors (Lipinski definition) is 0. The molecule has 2 aromatic carbocycles. The number of benzene rings is 2. The van der Waals surface area contributed by atoms with Crippen LogP contribution in [-0.4, -0.2) is 24.1 Å². The second-order valence-electron chi connectivity index (χ2n) is 5.24. The third-order valence-electron chi connectivity index (χ3n) is 3.05. The predicted molar refractivity (Wildman–Crippen MR) is 92.6 cm³/mol. The minimum absolute atomic E-state index is 0.372. The van der Waals surface area contributed by atoms with Gasteiger partial charge in [-0.3, -0.25) is 9.78 Å². The summed E-state index contributed by atoms with van der Waals surface area (Å²) >= 11 is 0. The molecule has 0 radical (unpaired) electrons. The van der Waals surface area contributed by atoms with Crippen LogP contribution in [0.1, 0.15) is 34.6 Å². The molecule has 6 nitrogen and oxygen atoms in total. The van der Waals surface area contributed by atoms with Gasteiger partial charge in [0.05, 0.1) is 11.1 Å². The standard InChI is InChI=1S/C20H18O6/c1-15(23-25-19(21)17-9-5-3-6-10-17)13-14-16(2)24-26-20(22)18-11-7-4-8-12-18/h3-12,15-16H,1-2H3. The lowest BCUT2D eigenvalue weighted by Crippen LogP contribution is -2.14. The lowest BCUT2D eigenvalue weighted by Gasteiger charge is -2.07. The Morgan fingerprint density at radius 1 is 0.692 bits per heavy atom. The summed E-state index contributed by atoms with van der Waals surface area (Å²) in [6, 6.07) is 16.9. The molecule has 0 aromatic heterocycles. The van der Waals surface area contributed by atoms with E-state index in [-0.39, 0.29) is 0 Å². The highest BCUT2D eigenvalue weighted by molar-refractivity contribution is 5.89. The van der Waals surface area contributed by atoms with Crippen LogP contribution >= 0.6 is 0 Å². The van der Waals surface area contributed by atoms with E-state index >= 15 is 0 Å². The highest BCUT2D eigenvalue weighted by Gasteiger charge is 2.11. The molecule has 0 spiro atoms. The molecule has 0 aliphatic carbocycles. The van der Waals surface area contributed by atoms with E-state index in [1.165, 1.54) is 0 Å². The number of carbonyl (C=O) groups excluding carboxylic acids is 2. The van der Waals surface area contributed by atoms with Crippen LogP contribution in [0.4, 0.5) is 0 Å². The van der Waals surface area contributed by atoms with Crippen molar-refractivity contribution in [1.82, 2.24) is 0 Å². The Hall–Kier alpha value is -3.14. The molecule has 134 valence electrons. The fourth-order valence-corrected chi connectivity index (χ4v) is 1.76. The smallest absolute Gasteiger partial charge is 0.292 e. The fourth-order valence-electron chi connectivity index (χ4n) is 1.76. The van der Waals surface area contributed by atoms with Gasteiger partial charge in [0.15, 0.2) is 12.2 Å². The molecule has 2 atom stereocenters. The van der Waals surface area contributed by atoms with Crippen molar-refractivity contribution in [2.24, 2.45) is 0 Å². The first kappa shape index (κ1) is 19.2. The Balaban J connectivity index is 1.73. The molecule has 0 aliphatic rings. The van der Waals surface area contributed by atoms with Crippen molar-refractivity contribution in [1.29, 1.82) is 0 Å². The molecule has 0 fully saturated rings. The molecule has 0 N–H and O–H groups in total. The van der Waals surface area contributed by atoms with Gasteiger partial charge in [0, 0.05) is 0 Å². The van der Waals surface area contributed by atoms with E-state index in [9.17, 15) is 9.59 Å². The zero-order valence-corrected chi connectivity index (χ0v) is 14.4. The van der Waals surface area contributed by atoms with Gasteiger partial charge in [-0.25, -0.2) is 9.59 Å². The van der Waals surface area contributed by atoms with Gasteiger partial charge in [0.1, 0.15) is 0 Å². The van der Waals surface area contributed by atoms with Crippen LogP contribution in [0.5, 0.6) is 0 Å². The van der Waals surface area contributed by atoms with E-state index in [1.807, 2.05) is 0 Å². The summed E-state index contributed by atoms with van der Waals surface area (Å²) < 4.78 is 0. The van der Waals surface area contributed by atoms with Crippen molar-refractivity contribution in [2.45, 2.75) is 26.1 Å². The SMILES string of the molecule is CC(C#CC(C)OOC(=O)c1ccccc1)OOC(=O)c1ccccc1. The van der Waals surface area contributed by atoms with Gasteiger partial charge in [0.2, 0.25) is 0 Å². The summed E-state index contributed by atoms with van der Waals surface area (Å²) in [7, 11) is 0.